The summed E-state index contributed by atoms with van der Waals surface area (Å²) >= 11 is 0. The van der Waals surface area contributed by atoms with Crippen LogP contribution in [0, 0.1) is 5.92 Å². The summed E-state index contributed by atoms with van der Waals surface area (Å²) in [7, 11) is 0. The maximum atomic E-state index is 11.7. The zero-order chi connectivity index (χ0) is 18.1. The second-order valence-corrected chi connectivity index (χ2v) is 5.28. The van der Waals surface area contributed by atoms with Gasteiger partial charge in [-0.1, -0.05) is 60.6 Å². The van der Waals surface area contributed by atoms with Crippen molar-refractivity contribution in [2.45, 2.75) is 67.7 Å². The number of likely N-dealkylation sites (N-methyl/N-ethyl adjacent to an activating group) is 1. The molecule has 0 bridgehead atoms. The monoisotopic (exact) mass is 322 g/mol. The quantitative estimate of drug-likeness (QED) is 0.640. The molecule has 0 fully saturated rings. The van der Waals surface area contributed by atoms with Crippen LogP contribution >= 0.6 is 0 Å². The minimum Gasteiger partial charge on any atom is -0.326 e. The second-order valence-electron chi connectivity index (χ2n) is 5.28. The number of benzene rings is 1. The molecule has 0 unspecified atom stereocenters. The van der Waals surface area contributed by atoms with Gasteiger partial charge in [0.15, 0.2) is 0 Å². The first-order valence-electron chi connectivity index (χ1n) is 9.21. The first-order valence-corrected chi connectivity index (χ1v) is 9.21. The molecule has 0 aliphatic heterocycles. The van der Waals surface area contributed by atoms with E-state index in [-0.39, 0.29) is 5.91 Å². The number of carbonyl (C=O) groups excluding carboxylic acids is 1. The highest BCUT2D eigenvalue weighted by molar-refractivity contribution is 5.90. The molecule has 1 aromatic carbocycles. The molecule has 0 spiro atoms. The third-order valence-electron chi connectivity index (χ3n) is 3.03. The molecule has 3 nitrogen and oxygen atoms in total. The molecule has 0 aliphatic rings. The molecule has 0 radical (unpaired) electrons. The van der Waals surface area contributed by atoms with Crippen LogP contribution in [0.5, 0.6) is 0 Å². The lowest BCUT2D eigenvalue weighted by Crippen LogP contribution is -2.16. The lowest BCUT2D eigenvalue weighted by molar-refractivity contribution is -0.116. The molecular formula is C20H38N2O. The molecule has 1 rings (SSSR count). The summed E-state index contributed by atoms with van der Waals surface area (Å²) in [5.74, 6) is 0.674. The van der Waals surface area contributed by atoms with E-state index >= 15 is 0 Å². The van der Waals surface area contributed by atoms with Crippen LogP contribution in [0.2, 0.25) is 0 Å². The summed E-state index contributed by atoms with van der Waals surface area (Å²) < 4.78 is 0. The van der Waals surface area contributed by atoms with E-state index in [0.717, 1.165) is 31.6 Å². The highest BCUT2D eigenvalue weighted by Crippen LogP contribution is 2.11. The van der Waals surface area contributed by atoms with Gasteiger partial charge in [-0.2, -0.15) is 0 Å². The Balaban J connectivity index is 0. The molecule has 0 saturated heterocycles. The predicted octanol–water partition coefficient (Wildman–Crippen LogP) is 5.27. The van der Waals surface area contributed by atoms with E-state index in [4.69, 9.17) is 0 Å². The first-order chi connectivity index (χ1) is 11.1. The van der Waals surface area contributed by atoms with Gasteiger partial charge in [0.2, 0.25) is 5.91 Å². The lowest BCUT2D eigenvalue weighted by Gasteiger charge is -2.08. The molecule has 0 aromatic heterocycles. The van der Waals surface area contributed by atoms with Crippen LogP contribution < -0.4 is 10.6 Å². The van der Waals surface area contributed by atoms with Crippen molar-refractivity contribution in [3.63, 3.8) is 0 Å². The van der Waals surface area contributed by atoms with Crippen molar-refractivity contribution < 1.29 is 4.79 Å². The maximum absolute atomic E-state index is 11.7. The third-order valence-corrected chi connectivity index (χ3v) is 3.03. The number of nitrogens with one attached hydrogen (secondary N) is 2. The van der Waals surface area contributed by atoms with Gasteiger partial charge >= 0.3 is 0 Å². The van der Waals surface area contributed by atoms with Gasteiger partial charge in [0.25, 0.3) is 0 Å². The molecule has 2 N–H and O–H groups in total. The maximum Gasteiger partial charge on any atom is 0.224 e. The average molecular weight is 323 g/mol. The predicted molar refractivity (Wildman–Crippen MR) is 104 cm³/mol. The van der Waals surface area contributed by atoms with E-state index in [1.54, 1.807) is 0 Å². The van der Waals surface area contributed by atoms with Gasteiger partial charge < -0.3 is 10.6 Å². The van der Waals surface area contributed by atoms with E-state index in [1.807, 2.05) is 39.8 Å². The molecule has 1 amide bonds. The van der Waals surface area contributed by atoms with Crippen molar-refractivity contribution in [2.24, 2.45) is 5.92 Å². The molecule has 1 aromatic rings. The zero-order valence-electron chi connectivity index (χ0n) is 16.3. The van der Waals surface area contributed by atoms with Crippen LogP contribution in [0.3, 0.4) is 0 Å². The highest BCUT2D eigenvalue weighted by Gasteiger charge is 2.04. The summed E-state index contributed by atoms with van der Waals surface area (Å²) in [6.45, 7) is 16.4. The van der Waals surface area contributed by atoms with E-state index in [0.29, 0.717) is 12.3 Å². The number of hydrogen-bond donors (Lipinski definition) is 2. The van der Waals surface area contributed by atoms with Crippen LogP contribution in [-0.4, -0.2) is 19.0 Å². The number of amides is 1. The third kappa shape index (κ3) is 14.0. The molecule has 0 saturated carbocycles. The van der Waals surface area contributed by atoms with Crippen molar-refractivity contribution in [3.05, 3.63) is 29.8 Å². The Bertz CT molecular complexity index is 372. The zero-order valence-corrected chi connectivity index (χ0v) is 16.3. The van der Waals surface area contributed by atoms with Crippen LogP contribution in [0.25, 0.3) is 0 Å². The van der Waals surface area contributed by atoms with Gasteiger partial charge in [-0.25, -0.2) is 0 Å². The minimum absolute atomic E-state index is 0.106. The van der Waals surface area contributed by atoms with Gasteiger partial charge in [0.05, 0.1) is 0 Å². The fraction of sp³-hybridized carbons (Fsp3) is 0.650. The van der Waals surface area contributed by atoms with Gasteiger partial charge in [0, 0.05) is 12.1 Å². The molecule has 0 heterocycles. The Kier molecular flexibility index (Phi) is 17.7. The fourth-order valence-electron chi connectivity index (χ4n) is 1.81. The van der Waals surface area contributed by atoms with Gasteiger partial charge in [-0.15, -0.1) is 0 Å². The Morgan fingerprint density at radius 2 is 1.61 bits per heavy atom. The van der Waals surface area contributed by atoms with Crippen molar-refractivity contribution in [2.75, 3.05) is 18.4 Å². The molecular weight excluding hydrogens is 284 g/mol. The Morgan fingerprint density at radius 1 is 1.04 bits per heavy atom. The second kappa shape index (κ2) is 17.0. The van der Waals surface area contributed by atoms with Gasteiger partial charge in [0.1, 0.15) is 0 Å². The molecule has 3 heteroatoms. The first kappa shape index (κ1) is 23.9. The smallest absolute Gasteiger partial charge is 0.224 e. The van der Waals surface area contributed by atoms with E-state index < -0.39 is 0 Å². The number of hydrogen-bond acceptors (Lipinski definition) is 2. The normalized spacial score (nSPS) is 9.39. The highest BCUT2D eigenvalue weighted by atomic mass is 16.1. The van der Waals surface area contributed by atoms with Crippen molar-refractivity contribution in [1.29, 1.82) is 0 Å². The van der Waals surface area contributed by atoms with Crippen molar-refractivity contribution in [1.82, 2.24) is 5.32 Å². The van der Waals surface area contributed by atoms with Crippen LogP contribution in [-0.2, 0) is 11.2 Å². The standard InChI is InChI=1S/C16H26N2O.2C2H6/c1-4-17-12-11-14-6-8-15(9-7-14)18-16(19)10-5-13(2)3;2*1-2/h6-9,13,17H,4-5,10-12H2,1-3H3,(H,18,19);2*1-2H3. The molecule has 0 atom stereocenters. The van der Waals surface area contributed by atoms with E-state index in [2.05, 4.69) is 43.5 Å². The Hall–Kier alpha value is -1.35. The SMILES string of the molecule is CC.CC.CCNCCc1ccc(NC(=O)CCC(C)C)cc1. The largest absolute Gasteiger partial charge is 0.326 e. The summed E-state index contributed by atoms with van der Waals surface area (Å²) in [5, 5.41) is 6.24. The van der Waals surface area contributed by atoms with Crippen LogP contribution in [0.15, 0.2) is 24.3 Å². The summed E-state index contributed by atoms with van der Waals surface area (Å²) in [4.78, 5) is 11.7. The van der Waals surface area contributed by atoms with Crippen molar-refractivity contribution >= 4 is 11.6 Å². The number of anilines is 1. The molecule has 23 heavy (non-hydrogen) atoms. The Morgan fingerprint density at radius 3 is 2.09 bits per heavy atom. The summed E-state index contributed by atoms with van der Waals surface area (Å²) in [5.41, 5.74) is 2.18. The fourth-order valence-corrected chi connectivity index (χ4v) is 1.81. The minimum atomic E-state index is 0.106. The number of carbonyl (C=O) groups is 1. The Labute approximate surface area is 144 Å². The van der Waals surface area contributed by atoms with Crippen LogP contribution in [0.4, 0.5) is 5.69 Å². The van der Waals surface area contributed by atoms with E-state index in [9.17, 15) is 4.79 Å². The molecule has 134 valence electrons. The summed E-state index contributed by atoms with van der Waals surface area (Å²) in [6, 6.07) is 8.12. The number of rotatable bonds is 8. The van der Waals surface area contributed by atoms with Gasteiger partial charge in [-0.05, 0) is 49.5 Å². The lowest BCUT2D eigenvalue weighted by atomic mass is 10.1. The van der Waals surface area contributed by atoms with Crippen LogP contribution in [0.1, 0.15) is 66.9 Å². The van der Waals surface area contributed by atoms with Gasteiger partial charge in [-0.3, -0.25) is 4.79 Å². The van der Waals surface area contributed by atoms with E-state index in [1.165, 1.54) is 5.56 Å². The average Bonchev–Trinajstić information content (AvgIpc) is 2.58. The van der Waals surface area contributed by atoms with Crippen molar-refractivity contribution in [3.8, 4) is 0 Å². The molecule has 0 aliphatic carbocycles. The summed E-state index contributed by atoms with van der Waals surface area (Å²) in [6.07, 6.45) is 2.56. The topological polar surface area (TPSA) is 41.1 Å².